The lowest BCUT2D eigenvalue weighted by Gasteiger charge is -2.15. The van der Waals surface area contributed by atoms with E-state index in [0.717, 1.165) is 21.7 Å². The van der Waals surface area contributed by atoms with E-state index < -0.39 is 11.4 Å². The van der Waals surface area contributed by atoms with Crippen molar-refractivity contribution in [1.29, 1.82) is 0 Å². The second-order valence-corrected chi connectivity index (χ2v) is 7.18. The number of aromatic amines is 2. The number of H-pyrrole nitrogens is 2. The highest BCUT2D eigenvalue weighted by molar-refractivity contribution is 6.37. The van der Waals surface area contributed by atoms with Gasteiger partial charge in [-0.1, -0.05) is 29.8 Å². The normalized spacial score (nSPS) is 11.7. The van der Waals surface area contributed by atoms with Gasteiger partial charge in [-0.15, -0.1) is 0 Å². The summed E-state index contributed by atoms with van der Waals surface area (Å²) in [6, 6.07) is 10.5. The summed E-state index contributed by atoms with van der Waals surface area (Å²) in [5, 5.41) is 10.2. The highest BCUT2D eigenvalue weighted by atomic mass is 35.5. The van der Waals surface area contributed by atoms with Crippen molar-refractivity contribution in [2.24, 2.45) is 0 Å². The highest BCUT2D eigenvalue weighted by Crippen LogP contribution is 2.40. The Kier molecular flexibility index (Phi) is 3.48. The highest BCUT2D eigenvalue weighted by Gasteiger charge is 2.19. The van der Waals surface area contributed by atoms with Gasteiger partial charge in [0.25, 0.3) is 5.56 Å². The molecule has 0 aliphatic heterocycles. The van der Waals surface area contributed by atoms with Crippen LogP contribution in [0.25, 0.3) is 43.7 Å². The number of nitrogens with zero attached hydrogens (tertiary/aromatic N) is 1. The van der Waals surface area contributed by atoms with Crippen LogP contribution >= 0.6 is 11.6 Å². The molecule has 5 nitrogen and oxygen atoms in total. The number of nitrogens with two attached hydrogens (primary N) is 1. The van der Waals surface area contributed by atoms with Crippen LogP contribution < -0.4 is 11.3 Å². The predicted molar refractivity (Wildman–Crippen MR) is 111 cm³/mol. The van der Waals surface area contributed by atoms with E-state index in [4.69, 9.17) is 17.3 Å². The van der Waals surface area contributed by atoms with Crippen LogP contribution in [0.5, 0.6) is 0 Å². The first-order valence-corrected chi connectivity index (χ1v) is 9.00. The number of nitrogen functional groups attached to an aromatic ring is 1. The van der Waals surface area contributed by atoms with Crippen molar-refractivity contribution in [3.05, 3.63) is 69.4 Å². The third-order valence-electron chi connectivity index (χ3n) is 5.16. The maximum absolute atomic E-state index is 14.1. The zero-order valence-corrected chi connectivity index (χ0v) is 15.5. The van der Waals surface area contributed by atoms with Crippen LogP contribution in [-0.2, 0) is 0 Å². The maximum atomic E-state index is 14.1. The number of aromatic nitrogens is 3. The Morgan fingerprint density at radius 2 is 1.93 bits per heavy atom. The lowest BCUT2D eigenvalue weighted by atomic mass is 9.93. The van der Waals surface area contributed by atoms with Gasteiger partial charge in [-0.2, -0.15) is 5.10 Å². The summed E-state index contributed by atoms with van der Waals surface area (Å²) in [6.45, 7) is 1.96. The van der Waals surface area contributed by atoms with Crippen molar-refractivity contribution in [2.75, 3.05) is 5.73 Å². The third kappa shape index (κ3) is 2.18. The van der Waals surface area contributed by atoms with E-state index in [1.807, 2.05) is 31.2 Å². The monoisotopic (exact) mass is 392 g/mol. The Morgan fingerprint density at radius 1 is 1.11 bits per heavy atom. The molecule has 3 aromatic carbocycles. The molecule has 5 rings (SSSR count). The smallest absolute Gasteiger partial charge is 0.272 e. The molecule has 138 valence electrons. The summed E-state index contributed by atoms with van der Waals surface area (Å²) in [4.78, 5) is 15.6. The molecule has 0 aliphatic rings. The average molecular weight is 393 g/mol. The van der Waals surface area contributed by atoms with Gasteiger partial charge in [0, 0.05) is 32.1 Å². The van der Waals surface area contributed by atoms with Crippen LogP contribution in [0, 0.1) is 12.7 Å². The molecular weight excluding hydrogens is 379 g/mol. The quantitative estimate of drug-likeness (QED) is 0.354. The van der Waals surface area contributed by atoms with Crippen LogP contribution in [0.3, 0.4) is 0 Å². The van der Waals surface area contributed by atoms with Gasteiger partial charge >= 0.3 is 0 Å². The number of halogens is 2. The van der Waals surface area contributed by atoms with Gasteiger partial charge in [-0.05, 0) is 36.2 Å². The molecule has 0 radical (unpaired) electrons. The number of rotatable bonds is 1. The fourth-order valence-electron chi connectivity index (χ4n) is 3.92. The first-order chi connectivity index (χ1) is 13.5. The summed E-state index contributed by atoms with van der Waals surface area (Å²) < 4.78 is 14.1. The van der Waals surface area contributed by atoms with Gasteiger partial charge < -0.3 is 10.7 Å². The number of nitrogens with one attached hydrogen (secondary N) is 2. The molecule has 0 aliphatic carbocycles. The second-order valence-electron chi connectivity index (χ2n) is 6.77. The fraction of sp³-hybridized carbons (Fsp3) is 0.0476. The molecule has 0 saturated heterocycles. The maximum Gasteiger partial charge on any atom is 0.272 e. The standard InChI is InChI=1S/C21H14ClFN4O/c1-9-7-12-17(10-5-6-15(23)20-13(10)8-25-27-20)18(24)21(28)26-19(12)11-3-2-4-14(22)16(9)11/h2-8H,24H2,1H3,(H,25,27)(H,26,28). The molecule has 0 atom stereocenters. The van der Waals surface area contributed by atoms with Crippen LogP contribution in [0.15, 0.2) is 47.4 Å². The first kappa shape index (κ1) is 16.8. The summed E-state index contributed by atoms with van der Waals surface area (Å²) in [5.41, 5.74) is 8.92. The van der Waals surface area contributed by atoms with Gasteiger partial charge in [0.05, 0.1) is 11.7 Å². The Hall–Kier alpha value is -3.38. The minimum atomic E-state index is -0.419. The number of anilines is 1. The molecule has 4 N–H and O–H groups in total. The van der Waals surface area contributed by atoms with Crippen LogP contribution in [0.1, 0.15) is 5.56 Å². The molecule has 7 heteroatoms. The predicted octanol–water partition coefficient (Wildman–Crippen LogP) is 4.91. The second kappa shape index (κ2) is 5.81. The summed E-state index contributed by atoms with van der Waals surface area (Å²) >= 11 is 6.40. The minimum absolute atomic E-state index is 0.0717. The lowest BCUT2D eigenvalue weighted by Crippen LogP contribution is -2.14. The Morgan fingerprint density at radius 3 is 2.75 bits per heavy atom. The van der Waals surface area contributed by atoms with Gasteiger partial charge in [0.15, 0.2) is 0 Å². The molecule has 0 saturated carbocycles. The Balaban J connectivity index is 2.04. The van der Waals surface area contributed by atoms with Crippen molar-refractivity contribution < 1.29 is 4.39 Å². The van der Waals surface area contributed by atoms with E-state index in [0.29, 0.717) is 27.1 Å². The van der Waals surface area contributed by atoms with E-state index in [1.54, 1.807) is 6.07 Å². The van der Waals surface area contributed by atoms with Gasteiger partial charge in [0.2, 0.25) is 0 Å². The van der Waals surface area contributed by atoms with Crippen molar-refractivity contribution in [3.8, 4) is 11.1 Å². The van der Waals surface area contributed by atoms with Crippen LogP contribution in [0.4, 0.5) is 10.1 Å². The molecule has 28 heavy (non-hydrogen) atoms. The lowest BCUT2D eigenvalue weighted by molar-refractivity contribution is 0.636. The number of aryl methyl sites for hydroxylation is 1. The van der Waals surface area contributed by atoms with E-state index in [2.05, 4.69) is 15.2 Å². The molecule has 0 fully saturated rings. The molecule has 0 bridgehead atoms. The van der Waals surface area contributed by atoms with Gasteiger partial charge in [-0.25, -0.2) is 4.39 Å². The third-order valence-corrected chi connectivity index (χ3v) is 5.48. The fourth-order valence-corrected chi connectivity index (χ4v) is 4.24. The average Bonchev–Trinajstić information content (AvgIpc) is 3.16. The summed E-state index contributed by atoms with van der Waals surface area (Å²) in [6.07, 6.45) is 1.53. The number of hydrogen-bond acceptors (Lipinski definition) is 3. The number of benzene rings is 3. The Labute approximate surface area is 162 Å². The summed E-state index contributed by atoms with van der Waals surface area (Å²) in [7, 11) is 0. The minimum Gasteiger partial charge on any atom is -0.394 e. The Bertz CT molecular complexity index is 1490. The van der Waals surface area contributed by atoms with Gasteiger partial charge in [-0.3, -0.25) is 9.89 Å². The number of fused-ring (bicyclic) bond motifs is 4. The SMILES string of the molecule is Cc1cc2c(-c3ccc(F)c4[nH]ncc34)c(N)c(=O)[nH]c2c2cccc(Cl)c12. The number of pyridine rings is 1. The molecule has 5 aromatic rings. The molecule has 2 heterocycles. The summed E-state index contributed by atoms with van der Waals surface area (Å²) in [5.74, 6) is -0.419. The molecule has 2 aromatic heterocycles. The van der Waals surface area contributed by atoms with Gasteiger partial charge in [0.1, 0.15) is 17.0 Å². The molecule has 0 spiro atoms. The molecule has 0 unspecified atom stereocenters. The van der Waals surface area contributed by atoms with Crippen molar-refractivity contribution >= 4 is 49.9 Å². The first-order valence-electron chi connectivity index (χ1n) is 8.62. The van der Waals surface area contributed by atoms with Crippen molar-refractivity contribution in [3.63, 3.8) is 0 Å². The molecule has 0 amide bonds. The largest absolute Gasteiger partial charge is 0.394 e. The van der Waals surface area contributed by atoms with Crippen LogP contribution in [0.2, 0.25) is 5.02 Å². The number of hydrogen-bond donors (Lipinski definition) is 3. The van der Waals surface area contributed by atoms with Crippen molar-refractivity contribution in [2.45, 2.75) is 6.92 Å². The van der Waals surface area contributed by atoms with Crippen molar-refractivity contribution in [1.82, 2.24) is 15.2 Å². The molecular formula is C21H14ClFN4O. The van der Waals surface area contributed by atoms with Crippen LogP contribution in [-0.4, -0.2) is 15.2 Å². The van der Waals surface area contributed by atoms with E-state index in [9.17, 15) is 9.18 Å². The zero-order chi connectivity index (χ0) is 19.6. The van der Waals surface area contributed by atoms with E-state index in [-0.39, 0.29) is 11.2 Å². The topological polar surface area (TPSA) is 87.6 Å². The van der Waals surface area contributed by atoms with E-state index in [1.165, 1.54) is 12.3 Å². The zero-order valence-electron chi connectivity index (χ0n) is 14.7. The van der Waals surface area contributed by atoms with E-state index >= 15 is 0 Å².